The van der Waals surface area contributed by atoms with Crippen LogP contribution in [0.3, 0.4) is 0 Å². The number of hydrogen-bond acceptors (Lipinski definition) is 2. The lowest BCUT2D eigenvalue weighted by atomic mass is 9.85. The molecule has 3 aromatic rings. The third-order valence-corrected chi connectivity index (χ3v) is 4.72. The highest BCUT2D eigenvalue weighted by atomic mass is 16.4. The highest BCUT2D eigenvalue weighted by Gasteiger charge is 2.29. The van der Waals surface area contributed by atoms with Crippen molar-refractivity contribution in [1.29, 1.82) is 0 Å². The van der Waals surface area contributed by atoms with Crippen LogP contribution in [0.4, 0.5) is 5.69 Å². The lowest BCUT2D eigenvalue weighted by Crippen LogP contribution is -2.28. The van der Waals surface area contributed by atoms with E-state index >= 15 is 0 Å². The lowest BCUT2D eigenvalue weighted by molar-refractivity contribution is -0.142. The van der Waals surface area contributed by atoms with Gasteiger partial charge in [0.25, 0.3) is 0 Å². The highest BCUT2D eigenvalue weighted by molar-refractivity contribution is 5.91. The van der Waals surface area contributed by atoms with Crippen molar-refractivity contribution in [3.8, 4) is 0 Å². The van der Waals surface area contributed by atoms with Gasteiger partial charge in [0.1, 0.15) is 0 Å². The third-order valence-electron chi connectivity index (χ3n) is 4.72. The van der Waals surface area contributed by atoms with Crippen molar-refractivity contribution in [2.45, 2.75) is 32.1 Å². The quantitative estimate of drug-likeness (QED) is 0.626. The molecule has 5 nitrogen and oxygen atoms in total. The number of carbonyl (C=O) groups excluding carboxylic acids is 1. The Morgan fingerprint density at radius 3 is 2.46 bits per heavy atom. The molecule has 0 aliphatic heterocycles. The molecule has 3 rings (SSSR count). The summed E-state index contributed by atoms with van der Waals surface area (Å²) in [6.45, 7) is 3.31. The van der Waals surface area contributed by atoms with Crippen LogP contribution in [0.5, 0.6) is 0 Å². The van der Waals surface area contributed by atoms with Gasteiger partial charge in [-0.3, -0.25) is 9.59 Å². The van der Waals surface area contributed by atoms with Gasteiger partial charge in [-0.25, -0.2) is 0 Å². The van der Waals surface area contributed by atoms with E-state index in [4.69, 9.17) is 0 Å². The molecule has 0 atom stereocenters. The average Bonchev–Trinajstić information content (AvgIpc) is 3.03. The van der Waals surface area contributed by atoms with E-state index in [2.05, 4.69) is 10.3 Å². The molecule has 26 heavy (non-hydrogen) atoms. The summed E-state index contributed by atoms with van der Waals surface area (Å²) in [7, 11) is 0. The summed E-state index contributed by atoms with van der Waals surface area (Å²) < 4.78 is 0. The molecule has 0 saturated carbocycles. The third kappa shape index (κ3) is 3.61. The molecular weight excluding hydrogens is 328 g/mol. The topological polar surface area (TPSA) is 82.2 Å². The molecule has 0 bridgehead atoms. The van der Waals surface area contributed by atoms with E-state index in [1.807, 2.05) is 30.5 Å². The molecule has 134 valence electrons. The second-order valence-electron chi connectivity index (χ2n) is 6.92. The van der Waals surface area contributed by atoms with Gasteiger partial charge in [-0.2, -0.15) is 0 Å². The molecule has 5 heteroatoms. The van der Waals surface area contributed by atoms with Crippen LogP contribution in [-0.4, -0.2) is 22.0 Å². The normalized spacial score (nSPS) is 11.5. The van der Waals surface area contributed by atoms with E-state index < -0.39 is 11.4 Å². The van der Waals surface area contributed by atoms with Crippen LogP contribution >= 0.6 is 0 Å². The van der Waals surface area contributed by atoms with Crippen molar-refractivity contribution in [2.75, 3.05) is 5.32 Å². The number of aryl methyl sites for hydroxylation is 1. The molecule has 0 spiro atoms. The summed E-state index contributed by atoms with van der Waals surface area (Å²) in [4.78, 5) is 26.7. The number of carbonyl (C=O) groups is 2. The summed E-state index contributed by atoms with van der Waals surface area (Å²) in [5, 5.41) is 13.3. The summed E-state index contributed by atoms with van der Waals surface area (Å²) in [5.74, 6) is -0.950. The van der Waals surface area contributed by atoms with Crippen LogP contribution in [0.25, 0.3) is 10.9 Å². The minimum Gasteiger partial charge on any atom is -0.481 e. The Hall–Kier alpha value is -3.08. The molecule has 0 aliphatic rings. The van der Waals surface area contributed by atoms with E-state index in [9.17, 15) is 14.7 Å². The number of para-hydroxylation sites is 1. The highest BCUT2D eigenvalue weighted by Crippen LogP contribution is 2.25. The second-order valence-corrected chi connectivity index (χ2v) is 6.92. The first-order chi connectivity index (χ1) is 12.4. The number of rotatable bonds is 6. The number of amides is 1. The van der Waals surface area contributed by atoms with Crippen LogP contribution in [-0.2, 0) is 21.4 Å². The fraction of sp³-hybridized carbons (Fsp3) is 0.238. The van der Waals surface area contributed by atoms with E-state index in [1.165, 1.54) is 0 Å². The average molecular weight is 350 g/mol. The van der Waals surface area contributed by atoms with Gasteiger partial charge in [-0.1, -0.05) is 30.3 Å². The lowest BCUT2D eigenvalue weighted by Gasteiger charge is -2.19. The first-order valence-corrected chi connectivity index (χ1v) is 8.57. The van der Waals surface area contributed by atoms with Gasteiger partial charge in [0.2, 0.25) is 5.91 Å². The van der Waals surface area contributed by atoms with Gasteiger partial charge in [0.05, 0.1) is 5.41 Å². The number of benzene rings is 2. The molecule has 1 amide bonds. The number of carboxylic acids is 1. The maximum atomic E-state index is 12.2. The SMILES string of the molecule is CC(C)(C(=O)O)c1ccc(NC(=O)CCc2c[nH]c3ccccc23)cc1. The number of aliphatic carboxylic acids is 1. The van der Waals surface area contributed by atoms with Crippen LogP contribution in [0.15, 0.2) is 54.7 Å². The fourth-order valence-corrected chi connectivity index (χ4v) is 2.90. The van der Waals surface area contributed by atoms with Gasteiger partial charge in [0, 0.05) is 29.2 Å². The summed E-state index contributed by atoms with van der Waals surface area (Å²) in [5.41, 5.74) is 2.59. The Morgan fingerprint density at radius 2 is 1.77 bits per heavy atom. The summed E-state index contributed by atoms with van der Waals surface area (Å²) in [6, 6.07) is 15.0. The number of fused-ring (bicyclic) bond motifs is 1. The van der Waals surface area contributed by atoms with Crippen molar-refractivity contribution in [3.63, 3.8) is 0 Å². The van der Waals surface area contributed by atoms with E-state index in [0.717, 1.165) is 16.5 Å². The van der Waals surface area contributed by atoms with Gasteiger partial charge in [0.15, 0.2) is 0 Å². The number of hydrogen-bond donors (Lipinski definition) is 3. The van der Waals surface area contributed by atoms with E-state index in [0.29, 0.717) is 24.1 Å². The number of H-pyrrole nitrogens is 1. The van der Waals surface area contributed by atoms with Crippen LogP contribution in [0.1, 0.15) is 31.4 Å². The predicted octanol–water partition coefficient (Wildman–Crippen LogP) is 4.10. The number of carboxylic acid groups (broad SMARTS) is 1. The monoisotopic (exact) mass is 350 g/mol. The molecule has 1 heterocycles. The van der Waals surface area contributed by atoms with Crippen molar-refractivity contribution in [3.05, 3.63) is 65.9 Å². The largest absolute Gasteiger partial charge is 0.481 e. The molecule has 0 aliphatic carbocycles. The minimum absolute atomic E-state index is 0.0690. The van der Waals surface area contributed by atoms with Gasteiger partial charge in [-0.15, -0.1) is 0 Å². The van der Waals surface area contributed by atoms with Crippen molar-refractivity contribution in [1.82, 2.24) is 4.98 Å². The maximum Gasteiger partial charge on any atom is 0.313 e. The molecule has 3 N–H and O–H groups in total. The zero-order chi connectivity index (χ0) is 18.7. The van der Waals surface area contributed by atoms with Crippen LogP contribution in [0, 0.1) is 0 Å². The molecule has 0 unspecified atom stereocenters. The van der Waals surface area contributed by atoms with Crippen molar-refractivity contribution >= 4 is 28.5 Å². The standard InChI is InChI=1S/C21H22N2O3/c1-21(2,20(25)26)15-8-10-16(11-9-15)23-19(24)12-7-14-13-22-18-6-4-3-5-17(14)18/h3-6,8-11,13,22H,7,12H2,1-2H3,(H,23,24)(H,25,26). The van der Waals surface area contributed by atoms with Gasteiger partial charge in [-0.05, 0) is 49.6 Å². The number of anilines is 1. The Bertz CT molecular complexity index is 939. The molecule has 0 saturated heterocycles. The first kappa shape index (κ1) is 17.7. The molecule has 0 radical (unpaired) electrons. The molecule has 0 fully saturated rings. The minimum atomic E-state index is -0.960. The number of aromatic nitrogens is 1. The second kappa shape index (κ2) is 7.04. The Balaban J connectivity index is 1.61. The Morgan fingerprint density at radius 1 is 1.08 bits per heavy atom. The molecule has 2 aromatic carbocycles. The summed E-state index contributed by atoms with van der Waals surface area (Å²) >= 11 is 0. The van der Waals surface area contributed by atoms with Crippen LogP contribution < -0.4 is 5.32 Å². The molecular formula is C21H22N2O3. The maximum absolute atomic E-state index is 12.2. The van der Waals surface area contributed by atoms with Crippen molar-refractivity contribution in [2.24, 2.45) is 0 Å². The Labute approximate surface area is 152 Å². The number of aromatic amines is 1. The smallest absolute Gasteiger partial charge is 0.313 e. The predicted molar refractivity (Wildman–Crippen MR) is 102 cm³/mol. The number of nitrogens with one attached hydrogen (secondary N) is 2. The summed E-state index contributed by atoms with van der Waals surface area (Å²) in [6.07, 6.45) is 2.98. The van der Waals surface area contributed by atoms with E-state index in [-0.39, 0.29) is 5.91 Å². The van der Waals surface area contributed by atoms with Gasteiger partial charge < -0.3 is 15.4 Å². The molecule has 1 aromatic heterocycles. The fourth-order valence-electron chi connectivity index (χ4n) is 2.90. The first-order valence-electron chi connectivity index (χ1n) is 8.57. The van der Waals surface area contributed by atoms with E-state index in [1.54, 1.807) is 38.1 Å². The zero-order valence-corrected chi connectivity index (χ0v) is 14.9. The zero-order valence-electron chi connectivity index (χ0n) is 14.9. The van der Waals surface area contributed by atoms with Gasteiger partial charge >= 0.3 is 5.97 Å². The van der Waals surface area contributed by atoms with Crippen LogP contribution in [0.2, 0.25) is 0 Å². The van der Waals surface area contributed by atoms with Crippen molar-refractivity contribution < 1.29 is 14.7 Å². The Kier molecular flexibility index (Phi) is 4.80.